The monoisotopic (exact) mass is 386 g/mol. The van der Waals surface area contributed by atoms with Crippen LogP contribution in [0.15, 0.2) is 59.0 Å². The molecule has 1 nitrogen and oxygen atoms in total. The van der Waals surface area contributed by atoms with Crippen molar-refractivity contribution in [3.8, 4) is 22.5 Å². The topological polar surface area (TPSA) is 11.3 Å². The maximum atomic E-state index is 9.75. The van der Waals surface area contributed by atoms with Crippen LogP contribution in [0.1, 0.15) is 28.9 Å². The number of halogens is 4. The van der Waals surface area contributed by atoms with Crippen molar-refractivity contribution in [1.29, 1.82) is 0 Å². The highest BCUT2D eigenvalue weighted by molar-refractivity contribution is 6.50. The van der Waals surface area contributed by atoms with E-state index >= 15 is 0 Å². The first-order valence-electron chi connectivity index (χ1n) is 9.43. The van der Waals surface area contributed by atoms with Crippen LogP contribution >= 0.6 is 0 Å². The quantitative estimate of drug-likeness (QED) is 0.255. The minimum atomic E-state index is -6.00. The Morgan fingerprint density at radius 3 is 2.14 bits per heavy atom. The molecule has 0 saturated carbocycles. The molecule has 0 bridgehead atoms. The van der Waals surface area contributed by atoms with Crippen molar-refractivity contribution in [3.63, 3.8) is 0 Å². The van der Waals surface area contributed by atoms with Gasteiger partial charge in [-0.2, -0.15) is 0 Å². The Hall–Kier alpha value is -2.63. The lowest BCUT2D eigenvalue weighted by atomic mass is 9.84. The van der Waals surface area contributed by atoms with Crippen molar-refractivity contribution < 1.29 is 21.7 Å². The summed E-state index contributed by atoms with van der Waals surface area (Å²) in [7, 11) is -6.00. The summed E-state index contributed by atoms with van der Waals surface area (Å²) in [6.45, 7) is 0. The van der Waals surface area contributed by atoms with E-state index in [-0.39, 0.29) is 0 Å². The maximum Gasteiger partial charge on any atom is 0.673 e. The molecule has 3 aromatic rings. The summed E-state index contributed by atoms with van der Waals surface area (Å²) >= 11 is 0. The highest BCUT2D eigenvalue weighted by Crippen LogP contribution is 2.44. The Bertz CT molecular complexity index is 993. The smallest absolute Gasteiger partial charge is 0.418 e. The van der Waals surface area contributed by atoms with E-state index in [9.17, 15) is 17.3 Å². The molecule has 0 atom stereocenters. The van der Waals surface area contributed by atoms with Crippen molar-refractivity contribution in [2.75, 3.05) is 0 Å². The maximum absolute atomic E-state index is 9.75. The average molecular weight is 386 g/mol. The van der Waals surface area contributed by atoms with Gasteiger partial charge < -0.3 is 17.3 Å². The van der Waals surface area contributed by atoms with Gasteiger partial charge in [0.1, 0.15) is 0 Å². The third-order valence-electron chi connectivity index (χ3n) is 5.24. The Morgan fingerprint density at radius 2 is 1.39 bits per heavy atom. The number of fused-ring (bicyclic) bond motifs is 4. The van der Waals surface area contributed by atoms with Gasteiger partial charge in [-0.3, -0.25) is 0 Å². The largest absolute Gasteiger partial charge is 0.673 e. The van der Waals surface area contributed by atoms with Gasteiger partial charge in [0.25, 0.3) is 0 Å². The molecule has 0 N–H and O–H groups in total. The summed E-state index contributed by atoms with van der Waals surface area (Å²) in [6.07, 6.45) is 5.62. The zero-order chi connectivity index (χ0) is 19.7. The summed E-state index contributed by atoms with van der Waals surface area (Å²) in [4.78, 5) is 0. The van der Waals surface area contributed by atoms with Crippen LogP contribution in [0.25, 0.3) is 22.5 Å². The van der Waals surface area contributed by atoms with Crippen molar-refractivity contribution >= 4 is 7.25 Å². The molecular weight excluding hydrogens is 367 g/mol. The lowest BCUT2D eigenvalue weighted by Crippen LogP contribution is -2.08. The molecule has 5 rings (SSSR count). The van der Waals surface area contributed by atoms with Crippen LogP contribution in [-0.4, -0.2) is 7.25 Å². The zero-order valence-corrected chi connectivity index (χ0v) is 15.2. The molecule has 0 aliphatic heterocycles. The number of benzene rings is 2. The van der Waals surface area contributed by atoms with Crippen LogP contribution in [0.4, 0.5) is 17.3 Å². The van der Waals surface area contributed by atoms with Crippen molar-refractivity contribution in [2.45, 2.75) is 32.1 Å². The summed E-state index contributed by atoms with van der Waals surface area (Å²) in [5.41, 5.74) is 8.37. The molecule has 0 fully saturated rings. The minimum Gasteiger partial charge on any atom is -0.418 e. The molecule has 0 amide bonds. The molecular formula is C22H19BF4O. The van der Waals surface area contributed by atoms with Crippen LogP contribution in [0.2, 0.25) is 0 Å². The van der Waals surface area contributed by atoms with Gasteiger partial charge >= 0.3 is 18.8 Å². The van der Waals surface area contributed by atoms with E-state index in [1.807, 2.05) is 0 Å². The number of hydrogen-bond acceptors (Lipinski definition) is 0. The van der Waals surface area contributed by atoms with E-state index in [0.717, 1.165) is 31.4 Å². The zero-order valence-electron chi connectivity index (χ0n) is 15.2. The summed E-state index contributed by atoms with van der Waals surface area (Å²) in [5.74, 6) is 2.32. The molecule has 0 saturated heterocycles. The van der Waals surface area contributed by atoms with E-state index in [4.69, 9.17) is 4.42 Å². The second-order valence-corrected chi connectivity index (χ2v) is 7.06. The van der Waals surface area contributed by atoms with Gasteiger partial charge in [0.2, 0.25) is 0 Å². The third kappa shape index (κ3) is 3.82. The number of aryl methyl sites for hydroxylation is 2. The fourth-order valence-electron chi connectivity index (χ4n) is 4.20. The molecule has 0 radical (unpaired) electrons. The van der Waals surface area contributed by atoms with Gasteiger partial charge in [-0.25, -0.2) is 4.42 Å². The van der Waals surface area contributed by atoms with Crippen molar-refractivity contribution in [3.05, 3.63) is 77.0 Å². The minimum absolute atomic E-state index is 1.07. The predicted octanol–water partition coefficient (Wildman–Crippen LogP) is 6.78. The highest BCUT2D eigenvalue weighted by Gasteiger charge is 2.36. The summed E-state index contributed by atoms with van der Waals surface area (Å²) in [5, 5.41) is 0. The highest BCUT2D eigenvalue weighted by atomic mass is 19.5. The third-order valence-corrected chi connectivity index (χ3v) is 5.24. The van der Waals surface area contributed by atoms with Gasteiger partial charge in [-0.15, -0.1) is 0 Å². The Morgan fingerprint density at radius 1 is 0.714 bits per heavy atom. The molecule has 2 aliphatic rings. The van der Waals surface area contributed by atoms with E-state index < -0.39 is 7.25 Å². The van der Waals surface area contributed by atoms with Gasteiger partial charge in [0.05, 0.1) is 23.1 Å². The first-order valence-corrected chi connectivity index (χ1v) is 9.43. The molecule has 2 aliphatic carbocycles. The van der Waals surface area contributed by atoms with Gasteiger partial charge in [0, 0.05) is 5.56 Å². The molecule has 28 heavy (non-hydrogen) atoms. The molecule has 144 valence electrons. The van der Waals surface area contributed by atoms with Crippen LogP contribution in [-0.2, 0) is 25.7 Å². The Kier molecular flexibility index (Phi) is 4.96. The predicted molar refractivity (Wildman–Crippen MR) is 104 cm³/mol. The van der Waals surface area contributed by atoms with Gasteiger partial charge in [-0.1, -0.05) is 48.5 Å². The first-order chi connectivity index (χ1) is 13.4. The van der Waals surface area contributed by atoms with Crippen LogP contribution < -0.4 is 0 Å². The molecule has 1 heterocycles. The Balaban J connectivity index is 0.000000346. The van der Waals surface area contributed by atoms with Crippen LogP contribution in [0.5, 0.6) is 0 Å². The first kappa shape index (κ1) is 18.7. The average Bonchev–Trinajstić information content (AvgIpc) is 3.13. The van der Waals surface area contributed by atoms with E-state index in [0.29, 0.717) is 0 Å². The van der Waals surface area contributed by atoms with E-state index in [2.05, 4.69) is 54.6 Å². The van der Waals surface area contributed by atoms with Crippen LogP contribution in [0.3, 0.4) is 0 Å². The molecule has 0 spiro atoms. The molecule has 2 aromatic carbocycles. The SMILES string of the molecule is F[B-](F)(F)F.c1ccc(-c2c3c([o+]c4c2CCc2ccccc2-4)CCC3)cc1. The summed E-state index contributed by atoms with van der Waals surface area (Å²) < 4.78 is 45.4. The summed E-state index contributed by atoms with van der Waals surface area (Å²) in [6, 6.07) is 19.6. The van der Waals surface area contributed by atoms with Crippen molar-refractivity contribution in [2.24, 2.45) is 0 Å². The second-order valence-electron chi connectivity index (χ2n) is 7.06. The standard InChI is InChI=1S/C22H19O.BF4/c1-2-8-16(9-3-1)21-18-11-6-12-20(18)23-22-17-10-5-4-7-15(17)13-14-19(21)22;2-1(3,4)5/h1-5,7-10H,6,11-14H2;/q+1;-1. The number of rotatable bonds is 1. The lowest BCUT2D eigenvalue weighted by molar-refractivity contribution is 0.368. The fourth-order valence-corrected chi connectivity index (χ4v) is 4.20. The Labute approximate surface area is 161 Å². The second kappa shape index (κ2) is 7.42. The van der Waals surface area contributed by atoms with E-state index in [1.165, 1.54) is 45.6 Å². The van der Waals surface area contributed by atoms with Crippen LogP contribution in [0, 0.1) is 0 Å². The molecule has 1 aromatic heterocycles. The molecule has 6 heteroatoms. The van der Waals surface area contributed by atoms with Gasteiger partial charge in [-0.05, 0) is 42.9 Å². The van der Waals surface area contributed by atoms with Crippen molar-refractivity contribution in [1.82, 2.24) is 0 Å². The number of hydrogen-bond donors (Lipinski definition) is 0. The fraction of sp³-hybridized carbons (Fsp3) is 0.227. The lowest BCUT2D eigenvalue weighted by Gasteiger charge is -2.17. The van der Waals surface area contributed by atoms with Gasteiger partial charge in [0.15, 0.2) is 0 Å². The normalized spacial score (nSPS) is 14.4. The molecule has 0 unspecified atom stereocenters. The van der Waals surface area contributed by atoms with E-state index in [1.54, 1.807) is 0 Å².